The number of benzene rings is 1. The number of hydrogen-bond acceptors (Lipinski definition) is 3. The predicted octanol–water partition coefficient (Wildman–Crippen LogP) is 2.91. The van der Waals surface area contributed by atoms with Gasteiger partial charge in [-0.1, -0.05) is 0 Å². The van der Waals surface area contributed by atoms with E-state index in [4.69, 9.17) is 0 Å². The van der Waals surface area contributed by atoms with Crippen molar-refractivity contribution in [3.8, 4) is 0 Å². The van der Waals surface area contributed by atoms with Gasteiger partial charge in [0.2, 0.25) is 0 Å². The molecule has 1 fully saturated rings. The highest BCUT2D eigenvalue weighted by molar-refractivity contribution is 14.1. The standard InChI is InChI=1S/C18H24FIN2O2/c1-18(2,3)22(17(23)24)8-5-14(6-9-22)21-7-4-12-10-13(20)11-15(19)16(12)21/h10-11,14H,4-9H2,1-3H3. The Labute approximate surface area is 156 Å². The number of carbonyl (C=O) groups excluding carboxylic acids is 1. The number of carbonyl (C=O) groups is 1. The molecule has 0 radical (unpaired) electrons. The van der Waals surface area contributed by atoms with Crippen LogP contribution in [0.3, 0.4) is 0 Å². The Balaban J connectivity index is 1.81. The molecule has 2 aliphatic rings. The van der Waals surface area contributed by atoms with Crippen molar-refractivity contribution < 1.29 is 18.8 Å². The number of halogens is 2. The molecule has 4 nitrogen and oxygen atoms in total. The van der Waals surface area contributed by atoms with Gasteiger partial charge < -0.3 is 14.8 Å². The van der Waals surface area contributed by atoms with Crippen LogP contribution in [0.1, 0.15) is 39.2 Å². The molecule has 0 unspecified atom stereocenters. The zero-order chi connectivity index (χ0) is 17.7. The largest absolute Gasteiger partial charge is 0.498 e. The molecule has 24 heavy (non-hydrogen) atoms. The molecule has 3 rings (SSSR count). The number of amides is 1. The quantitative estimate of drug-likeness (QED) is 0.493. The van der Waals surface area contributed by atoms with Gasteiger partial charge >= 0.3 is 0 Å². The zero-order valence-corrected chi connectivity index (χ0v) is 16.6. The number of carboxylic acid groups (broad SMARTS) is 1. The predicted molar refractivity (Wildman–Crippen MR) is 98.3 cm³/mol. The first-order chi connectivity index (χ1) is 11.2. The molecule has 132 valence electrons. The van der Waals surface area contributed by atoms with E-state index in [2.05, 4.69) is 33.6 Å². The van der Waals surface area contributed by atoms with Crippen molar-refractivity contribution in [2.24, 2.45) is 0 Å². The maximum absolute atomic E-state index is 14.5. The van der Waals surface area contributed by atoms with Gasteiger partial charge in [0, 0.05) is 29.0 Å². The Morgan fingerprint density at radius 3 is 2.50 bits per heavy atom. The Morgan fingerprint density at radius 2 is 1.96 bits per heavy atom. The molecule has 0 spiro atoms. The van der Waals surface area contributed by atoms with E-state index in [1.165, 1.54) is 0 Å². The van der Waals surface area contributed by atoms with E-state index in [1.807, 2.05) is 20.8 Å². The Hall–Kier alpha value is -0.890. The molecule has 1 aromatic rings. The molecule has 2 heterocycles. The van der Waals surface area contributed by atoms with Crippen LogP contribution in [0.25, 0.3) is 0 Å². The van der Waals surface area contributed by atoms with Crippen LogP contribution in [0, 0.1) is 9.39 Å². The molecule has 0 aromatic heterocycles. The van der Waals surface area contributed by atoms with E-state index in [1.54, 1.807) is 6.07 Å². The van der Waals surface area contributed by atoms with E-state index < -0.39 is 11.6 Å². The molecule has 1 amide bonds. The third-order valence-electron chi connectivity index (χ3n) is 5.78. The fourth-order valence-corrected chi connectivity index (χ4v) is 4.93. The molecule has 0 bridgehead atoms. The van der Waals surface area contributed by atoms with Crippen LogP contribution in [-0.2, 0) is 6.42 Å². The lowest BCUT2D eigenvalue weighted by atomic mass is 9.93. The summed E-state index contributed by atoms with van der Waals surface area (Å²) in [5.41, 5.74) is 1.40. The summed E-state index contributed by atoms with van der Waals surface area (Å²) in [6, 6.07) is 3.84. The molecule has 0 atom stereocenters. The molecule has 0 aliphatic carbocycles. The van der Waals surface area contributed by atoms with Gasteiger partial charge in [-0.15, -0.1) is 0 Å². The number of likely N-dealkylation sites (tertiary alicyclic amines) is 1. The van der Waals surface area contributed by atoms with Crippen LogP contribution >= 0.6 is 22.6 Å². The number of piperidine rings is 1. The van der Waals surface area contributed by atoms with Gasteiger partial charge in [0.05, 0.1) is 24.3 Å². The number of anilines is 1. The van der Waals surface area contributed by atoms with Gasteiger partial charge in [-0.2, -0.15) is 0 Å². The minimum absolute atomic E-state index is 0.0145. The van der Waals surface area contributed by atoms with E-state index in [0.29, 0.717) is 13.1 Å². The third kappa shape index (κ3) is 2.81. The average molecular weight is 446 g/mol. The lowest BCUT2D eigenvalue weighted by Gasteiger charge is -2.52. The molecular weight excluding hydrogens is 422 g/mol. The monoisotopic (exact) mass is 446 g/mol. The van der Waals surface area contributed by atoms with E-state index in [-0.39, 0.29) is 16.3 Å². The fraction of sp³-hybridized carbons (Fsp3) is 0.611. The van der Waals surface area contributed by atoms with Crippen molar-refractivity contribution in [2.75, 3.05) is 24.5 Å². The van der Waals surface area contributed by atoms with Gasteiger partial charge in [0.1, 0.15) is 5.82 Å². The van der Waals surface area contributed by atoms with Crippen LogP contribution in [0.15, 0.2) is 12.1 Å². The first-order valence-electron chi connectivity index (χ1n) is 8.49. The minimum Gasteiger partial charge on any atom is -0.498 e. The minimum atomic E-state index is -0.997. The van der Waals surface area contributed by atoms with Gasteiger partial charge in [0.25, 0.3) is 6.09 Å². The topological polar surface area (TPSA) is 43.4 Å². The summed E-state index contributed by atoms with van der Waals surface area (Å²) in [7, 11) is 0. The summed E-state index contributed by atoms with van der Waals surface area (Å²) in [6.45, 7) is 7.75. The van der Waals surface area contributed by atoms with Crippen LogP contribution in [0.4, 0.5) is 14.9 Å². The maximum atomic E-state index is 14.5. The Bertz CT molecular complexity index is 664. The second-order valence-corrected chi connectivity index (χ2v) is 9.17. The average Bonchev–Trinajstić information content (AvgIpc) is 2.89. The summed E-state index contributed by atoms with van der Waals surface area (Å²) >= 11 is 2.15. The molecule has 1 saturated heterocycles. The van der Waals surface area contributed by atoms with E-state index >= 15 is 0 Å². The number of fused-ring (bicyclic) bond motifs is 1. The highest BCUT2D eigenvalue weighted by Crippen LogP contribution is 2.38. The SMILES string of the molecule is CC(C)(C)[N+]1(C(=O)[O-])CCC(N2CCc3cc(I)cc(F)c32)CC1. The molecule has 0 saturated carbocycles. The van der Waals surface area contributed by atoms with Crippen molar-refractivity contribution >= 4 is 34.4 Å². The summed E-state index contributed by atoms with van der Waals surface area (Å²) in [6.07, 6.45) is 1.36. The number of hydrogen-bond donors (Lipinski definition) is 0. The first-order valence-corrected chi connectivity index (χ1v) is 9.57. The van der Waals surface area contributed by atoms with Crippen LogP contribution in [0.2, 0.25) is 0 Å². The normalized spacial score (nSPS) is 27.2. The Kier molecular flexibility index (Phi) is 4.57. The second-order valence-electron chi connectivity index (χ2n) is 7.92. The fourth-order valence-electron chi connectivity index (χ4n) is 4.28. The number of rotatable bonds is 1. The summed E-state index contributed by atoms with van der Waals surface area (Å²) in [4.78, 5) is 14.0. The van der Waals surface area contributed by atoms with Gasteiger partial charge in [-0.05, 0) is 67.5 Å². The smallest absolute Gasteiger partial charge is 0.257 e. The summed E-state index contributed by atoms with van der Waals surface area (Å²) < 4.78 is 15.4. The number of nitrogens with zero attached hydrogens (tertiary/aromatic N) is 2. The summed E-state index contributed by atoms with van der Waals surface area (Å²) in [5, 5.41) is 11.8. The van der Waals surface area contributed by atoms with Crippen molar-refractivity contribution in [3.63, 3.8) is 0 Å². The second kappa shape index (κ2) is 6.12. The van der Waals surface area contributed by atoms with Crippen molar-refractivity contribution in [1.82, 2.24) is 0 Å². The lowest BCUT2D eigenvalue weighted by Crippen LogP contribution is -2.71. The maximum Gasteiger partial charge on any atom is 0.257 e. The van der Waals surface area contributed by atoms with Crippen LogP contribution < -0.4 is 10.0 Å². The molecule has 2 aliphatic heterocycles. The van der Waals surface area contributed by atoms with E-state index in [9.17, 15) is 14.3 Å². The van der Waals surface area contributed by atoms with Crippen LogP contribution in [-0.4, -0.2) is 41.8 Å². The van der Waals surface area contributed by atoms with Gasteiger partial charge in [-0.25, -0.2) is 4.39 Å². The molecule has 6 heteroatoms. The highest BCUT2D eigenvalue weighted by atomic mass is 127. The summed E-state index contributed by atoms with van der Waals surface area (Å²) in [5.74, 6) is -0.156. The molecule has 1 aromatic carbocycles. The zero-order valence-electron chi connectivity index (χ0n) is 14.4. The molecular formula is C18H24FIN2O2. The van der Waals surface area contributed by atoms with Crippen molar-refractivity contribution in [2.45, 2.75) is 51.6 Å². The van der Waals surface area contributed by atoms with Crippen molar-refractivity contribution in [1.29, 1.82) is 0 Å². The van der Waals surface area contributed by atoms with Gasteiger partial charge in [-0.3, -0.25) is 4.48 Å². The number of quaternary nitrogens is 1. The first kappa shape index (κ1) is 17.9. The Morgan fingerprint density at radius 1 is 1.33 bits per heavy atom. The lowest BCUT2D eigenvalue weighted by molar-refractivity contribution is -0.923. The third-order valence-corrected chi connectivity index (χ3v) is 6.40. The molecule has 0 N–H and O–H groups in total. The van der Waals surface area contributed by atoms with E-state index in [0.717, 1.165) is 40.6 Å². The highest BCUT2D eigenvalue weighted by Gasteiger charge is 2.47. The van der Waals surface area contributed by atoms with Gasteiger partial charge in [0.15, 0.2) is 0 Å². The van der Waals surface area contributed by atoms with Crippen molar-refractivity contribution in [3.05, 3.63) is 27.1 Å². The van der Waals surface area contributed by atoms with Crippen LogP contribution in [0.5, 0.6) is 0 Å².